The van der Waals surface area contributed by atoms with Crippen LogP contribution in [0.4, 0.5) is 0 Å². The van der Waals surface area contributed by atoms with Gasteiger partial charge in [0.2, 0.25) is 5.91 Å². The van der Waals surface area contributed by atoms with E-state index in [1.807, 2.05) is 25.1 Å². The second-order valence-electron chi connectivity index (χ2n) is 2.98. The highest BCUT2D eigenvalue weighted by Gasteiger charge is 1.99. The summed E-state index contributed by atoms with van der Waals surface area (Å²) < 4.78 is 0. The maximum atomic E-state index is 10.7. The van der Waals surface area contributed by atoms with Crippen LogP contribution in [0.25, 0.3) is 0 Å². The summed E-state index contributed by atoms with van der Waals surface area (Å²) in [5.74, 6) is -0.0191. The van der Waals surface area contributed by atoms with Gasteiger partial charge in [-0.2, -0.15) is 0 Å². The van der Waals surface area contributed by atoms with Crippen molar-refractivity contribution in [1.29, 1.82) is 0 Å². The molecular formula is C10H12ClNO. The molecule has 70 valence electrons. The Kier molecular flexibility index (Phi) is 3.32. The van der Waals surface area contributed by atoms with Crippen LogP contribution in [0.3, 0.4) is 0 Å². The van der Waals surface area contributed by atoms with Crippen molar-refractivity contribution in [2.75, 3.05) is 0 Å². The van der Waals surface area contributed by atoms with Gasteiger partial charge in [0.1, 0.15) is 0 Å². The summed E-state index contributed by atoms with van der Waals surface area (Å²) in [6.07, 6.45) is 0. The number of hydrogen-bond acceptors (Lipinski definition) is 1. The standard InChI is InChI=1S/C10H12ClNO/c1-7-5-10(11)4-3-9(7)6-12-8(2)13/h3-5H,6H2,1-2H3,(H,12,13). The summed E-state index contributed by atoms with van der Waals surface area (Å²) in [5.41, 5.74) is 2.20. The molecule has 1 rings (SSSR count). The number of aryl methyl sites for hydroxylation is 1. The smallest absolute Gasteiger partial charge is 0.217 e. The molecule has 0 atom stereocenters. The summed E-state index contributed by atoms with van der Waals surface area (Å²) in [7, 11) is 0. The van der Waals surface area contributed by atoms with Crippen LogP contribution in [-0.4, -0.2) is 5.91 Å². The van der Waals surface area contributed by atoms with Crippen molar-refractivity contribution < 1.29 is 4.79 Å². The molecule has 13 heavy (non-hydrogen) atoms. The molecule has 0 aliphatic carbocycles. The van der Waals surface area contributed by atoms with Gasteiger partial charge in [0.25, 0.3) is 0 Å². The summed E-state index contributed by atoms with van der Waals surface area (Å²) >= 11 is 5.79. The van der Waals surface area contributed by atoms with E-state index in [1.54, 1.807) is 0 Å². The van der Waals surface area contributed by atoms with Gasteiger partial charge < -0.3 is 5.32 Å². The summed E-state index contributed by atoms with van der Waals surface area (Å²) in [6, 6.07) is 5.64. The van der Waals surface area contributed by atoms with Crippen LogP contribution in [0.5, 0.6) is 0 Å². The van der Waals surface area contributed by atoms with Gasteiger partial charge in [-0.15, -0.1) is 0 Å². The predicted molar refractivity (Wildman–Crippen MR) is 53.7 cm³/mol. The monoisotopic (exact) mass is 197 g/mol. The maximum absolute atomic E-state index is 10.7. The zero-order valence-electron chi connectivity index (χ0n) is 7.73. The van der Waals surface area contributed by atoms with Crippen LogP contribution in [-0.2, 0) is 11.3 Å². The number of nitrogens with one attached hydrogen (secondary N) is 1. The zero-order chi connectivity index (χ0) is 9.84. The third-order valence-electron chi connectivity index (χ3n) is 1.83. The largest absolute Gasteiger partial charge is 0.352 e. The lowest BCUT2D eigenvalue weighted by Crippen LogP contribution is -2.19. The van der Waals surface area contributed by atoms with Crippen molar-refractivity contribution in [1.82, 2.24) is 5.32 Å². The van der Waals surface area contributed by atoms with Gasteiger partial charge in [0.15, 0.2) is 0 Å². The van der Waals surface area contributed by atoms with E-state index in [1.165, 1.54) is 6.92 Å². The normalized spacial score (nSPS) is 9.77. The molecule has 1 aromatic rings. The van der Waals surface area contributed by atoms with Crippen LogP contribution in [0.15, 0.2) is 18.2 Å². The lowest BCUT2D eigenvalue weighted by atomic mass is 10.1. The molecule has 0 heterocycles. The first kappa shape index (κ1) is 10.1. The Bertz CT molecular complexity index is 323. The van der Waals surface area contributed by atoms with E-state index in [4.69, 9.17) is 11.6 Å². The van der Waals surface area contributed by atoms with Crippen molar-refractivity contribution in [3.8, 4) is 0 Å². The van der Waals surface area contributed by atoms with Gasteiger partial charge in [0, 0.05) is 18.5 Å². The molecule has 3 heteroatoms. The third kappa shape index (κ3) is 3.07. The lowest BCUT2D eigenvalue weighted by molar-refractivity contribution is -0.119. The van der Waals surface area contributed by atoms with Crippen LogP contribution in [0.1, 0.15) is 18.1 Å². The van der Waals surface area contributed by atoms with E-state index in [0.29, 0.717) is 6.54 Å². The highest BCUT2D eigenvalue weighted by Crippen LogP contribution is 2.14. The fraction of sp³-hybridized carbons (Fsp3) is 0.300. The first-order valence-electron chi connectivity index (χ1n) is 4.09. The number of amides is 1. The highest BCUT2D eigenvalue weighted by molar-refractivity contribution is 6.30. The van der Waals surface area contributed by atoms with Crippen molar-refractivity contribution in [2.24, 2.45) is 0 Å². The van der Waals surface area contributed by atoms with E-state index in [2.05, 4.69) is 5.32 Å². The van der Waals surface area contributed by atoms with E-state index < -0.39 is 0 Å². The number of halogens is 1. The fourth-order valence-electron chi connectivity index (χ4n) is 1.08. The minimum Gasteiger partial charge on any atom is -0.352 e. The van der Waals surface area contributed by atoms with Crippen LogP contribution in [0.2, 0.25) is 5.02 Å². The molecule has 0 radical (unpaired) electrons. The van der Waals surface area contributed by atoms with E-state index in [9.17, 15) is 4.79 Å². The molecule has 0 unspecified atom stereocenters. The second-order valence-corrected chi connectivity index (χ2v) is 3.42. The van der Waals surface area contributed by atoms with Crippen molar-refractivity contribution in [3.63, 3.8) is 0 Å². The van der Waals surface area contributed by atoms with Gasteiger partial charge in [-0.25, -0.2) is 0 Å². The summed E-state index contributed by atoms with van der Waals surface area (Å²) in [4.78, 5) is 10.7. The van der Waals surface area contributed by atoms with E-state index >= 15 is 0 Å². The molecule has 0 spiro atoms. The van der Waals surface area contributed by atoms with Crippen molar-refractivity contribution >= 4 is 17.5 Å². The lowest BCUT2D eigenvalue weighted by Gasteiger charge is -2.06. The van der Waals surface area contributed by atoms with E-state index in [0.717, 1.165) is 16.1 Å². The van der Waals surface area contributed by atoms with Crippen LogP contribution < -0.4 is 5.32 Å². The van der Waals surface area contributed by atoms with Gasteiger partial charge in [0.05, 0.1) is 0 Å². The Morgan fingerprint density at radius 1 is 1.54 bits per heavy atom. The quantitative estimate of drug-likeness (QED) is 0.775. The number of carbonyl (C=O) groups excluding carboxylic acids is 1. The average Bonchev–Trinajstić information content (AvgIpc) is 2.02. The van der Waals surface area contributed by atoms with Gasteiger partial charge in [-0.1, -0.05) is 17.7 Å². The molecule has 1 amide bonds. The Hall–Kier alpha value is -1.02. The fourth-order valence-corrected chi connectivity index (χ4v) is 1.30. The first-order valence-corrected chi connectivity index (χ1v) is 4.47. The topological polar surface area (TPSA) is 29.1 Å². The molecule has 0 fully saturated rings. The molecular weight excluding hydrogens is 186 g/mol. The van der Waals surface area contributed by atoms with Crippen molar-refractivity contribution in [3.05, 3.63) is 34.3 Å². The van der Waals surface area contributed by atoms with Gasteiger partial charge in [-0.3, -0.25) is 4.79 Å². The molecule has 2 nitrogen and oxygen atoms in total. The molecule has 1 aromatic carbocycles. The highest BCUT2D eigenvalue weighted by atomic mass is 35.5. The SMILES string of the molecule is CC(=O)NCc1ccc(Cl)cc1C. The van der Waals surface area contributed by atoms with Crippen LogP contribution in [0, 0.1) is 6.92 Å². The molecule has 0 saturated heterocycles. The molecule has 0 aromatic heterocycles. The van der Waals surface area contributed by atoms with E-state index in [-0.39, 0.29) is 5.91 Å². The average molecular weight is 198 g/mol. The molecule has 0 aliphatic rings. The number of benzene rings is 1. The molecule has 0 aliphatic heterocycles. The number of carbonyl (C=O) groups is 1. The van der Waals surface area contributed by atoms with Crippen molar-refractivity contribution in [2.45, 2.75) is 20.4 Å². The predicted octanol–water partition coefficient (Wildman–Crippen LogP) is 2.28. The second kappa shape index (κ2) is 4.28. The number of hydrogen-bond donors (Lipinski definition) is 1. The third-order valence-corrected chi connectivity index (χ3v) is 2.07. The van der Waals surface area contributed by atoms with Gasteiger partial charge in [-0.05, 0) is 30.2 Å². The van der Waals surface area contributed by atoms with Gasteiger partial charge >= 0.3 is 0 Å². The zero-order valence-corrected chi connectivity index (χ0v) is 8.48. The maximum Gasteiger partial charge on any atom is 0.217 e. The Labute approximate surface area is 82.9 Å². The number of rotatable bonds is 2. The summed E-state index contributed by atoms with van der Waals surface area (Å²) in [6.45, 7) is 4.05. The molecule has 1 N–H and O–H groups in total. The Morgan fingerprint density at radius 3 is 2.77 bits per heavy atom. The minimum atomic E-state index is -0.0191. The summed E-state index contributed by atoms with van der Waals surface area (Å²) in [5, 5.41) is 3.47. The Balaban J connectivity index is 2.72. The minimum absolute atomic E-state index is 0.0191. The first-order chi connectivity index (χ1) is 6.09. The molecule has 0 bridgehead atoms. The van der Waals surface area contributed by atoms with Crippen LogP contribution >= 0.6 is 11.6 Å². The molecule has 0 saturated carbocycles. The Morgan fingerprint density at radius 2 is 2.23 bits per heavy atom.